The summed E-state index contributed by atoms with van der Waals surface area (Å²) < 4.78 is 31.7. The lowest BCUT2D eigenvalue weighted by atomic mass is 10.1. The lowest BCUT2D eigenvalue weighted by Gasteiger charge is -2.02. The zero-order valence-corrected chi connectivity index (χ0v) is 11.6. The molecule has 23 heavy (non-hydrogen) atoms. The van der Waals surface area contributed by atoms with Crippen molar-refractivity contribution in [1.82, 2.24) is 4.98 Å². The van der Waals surface area contributed by atoms with Crippen LogP contribution < -0.4 is 5.32 Å². The van der Waals surface area contributed by atoms with Crippen LogP contribution in [-0.4, -0.2) is 16.1 Å². The van der Waals surface area contributed by atoms with Gasteiger partial charge in [-0.1, -0.05) is 12.1 Å². The van der Waals surface area contributed by atoms with Crippen molar-refractivity contribution in [3.05, 3.63) is 65.9 Å². The second kappa shape index (κ2) is 5.88. The largest absolute Gasteiger partial charge is 0.478 e. The fourth-order valence-corrected chi connectivity index (χ4v) is 1.99. The van der Waals surface area contributed by atoms with Gasteiger partial charge in [0.15, 0.2) is 5.76 Å². The average Bonchev–Trinajstić information content (AvgIpc) is 2.94. The number of aromatic nitrogens is 1. The number of anilines is 2. The minimum absolute atomic E-state index is 0.0623. The Labute approximate surface area is 129 Å². The molecular weight excluding hydrogens is 306 g/mol. The quantitative estimate of drug-likeness (QED) is 0.759. The molecule has 0 saturated carbocycles. The van der Waals surface area contributed by atoms with Crippen molar-refractivity contribution >= 4 is 17.7 Å². The zero-order valence-electron chi connectivity index (χ0n) is 11.6. The summed E-state index contributed by atoms with van der Waals surface area (Å²) in [5, 5.41) is 11.5. The van der Waals surface area contributed by atoms with E-state index in [9.17, 15) is 13.6 Å². The van der Waals surface area contributed by atoms with Crippen LogP contribution >= 0.6 is 0 Å². The molecule has 3 rings (SSSR count). The number of oxazole rings is 1. The van der Waals surface area contributed by atoms with Crippen LogP contribution in [0.15, 0.2) is 53.1 Å². The number of benzene rings is 2. The number of nitrogens with zero attached hydrogens (tertiary/aromatic N) is 1. The third-order valence-corrected chi connectivity index (χ3v) is 3.04. The molecule has 2 aromatic carbocycles. The number of rotatable bonds is 4. The van der Waals surface area contributed by atoms with Crippen molar-refractivity contribution in [2.45, 2.75) is 0 Å². The molecule has 3 aromatic rings. The number of hydrogen-bond acceptors (Lipinski definition) is 4. The molecule has 0 aliphatic rings. The summed E-state index contributed by atoms with van der Waals surface area (Å²) in [5.74, 6) is -2.07. The molecule has 1 heterocycles. The molecule has 0 bridgehead atoms. The van der Waals surface area contributed by atoms with E-state index in [1.165, 1.54) is 18.3 Å². The molecule has 0 spiro atoms. The highest BCUT2D eigenvalue weighted by molar-refractivity contribution is 5.88. The first-order valence-corrected chi connectivity index (χ1v) is 6.54. The highest BCUT2D eigenvalue weighted by atomic mass is 19.1. The van der Waals surface area contributed by atoms with E-state index in [1.54, 1.807) is 12.1 Å². The van der Waals surface area contributed by atoms with Gasteiger partial charge in [-0.2, -0.15) is 0 Å². The van der Waals surface area contributed by atoms with Gasteiger partial charge < -0.3 is 14.8 Å². The van der Waals surface area contributed by atoms with E-state index in [2.05, 4.69) is 10.3 Å². The van der Waals surface area contributed by atoms with Crippen LogP contribution in [0.5, 0.6) is 0 Å². The normalized spacial score (nSPS) is 10.5. The molecule has 0 saturated heterocycles. The topological polar surface area (TPSA) is 75.4 Å². The first-order chi connectivity index (χ1) is 11.0. The molecule has 0 unspecified atom stereocenters. The lowest BCUT2D eigenvalue weighted by Crippen LogP contribution is -1.94. The Bertz CT molecular complexity index is 840. The highest BCUT2D eigenvalue weighted by Crippen LogP contribution is 2.25. The summed E-state index contributed by atoms with van der Waals surface area (Å²) in [6, 6.07) is 9.07. The maximum atomic E-state index is 13.1. The summed E-state index contributed by atoms with van der Waals surface area (Å²) in [4.78, 5) is 14.8. The van der Waals surface area contributed by atoms with Crippen LogP contribution in [0.2, 0.25) is 0 Å². The van der Waals surface area contributed by atoms with Gasteiger partial charge in [0.2, 0.25) is 0 Å². The molecule has 5 nitrogen and oxygen atoms in total. The predicted molar refractivity (Wildman–Crippen MR) is 78.5 cm³/mol. The van der Waals surface area contributed by atoms with E-state index in [4.69, 9.17) is 9.52 Å². The Balaban J connectivity index is 1.81. The maximum absolute atomic E-state index is 13.1. The number of hydrogen-bond donors (Lipinski definition) is 2. The van der Waals surface area contributed by atoms with Gasteiger partial charge in [-0.3, -0.25) is 0 Å². The van der Waals surface area contributed by atoms with Crippen LogP contribution in [-0.2, 0) is 0 Å². The number of halogens is 2. The van der Waals surface area contributed by atoms with Gasteiger partial charge in [0, 0.05) is 17.3 Å². The lowest BCUT2D eigenvalue weighted by molar-refractivity contribution is 0.0697. The van der Waals surface area contributed by atoms with E-state index in [-0.39, 0.29) is 17.3 Å². The number of aromatic carboxylic acids is 1. The fraction of sp³-hybridized carbons (Fsp3) is 0. The molecule has 0 aliphatic carbocycles. The molecule has 116 valence electrons. The summed E-state index contributed by atoms with van der Waals surface area (Å²) in [6.07, 6.45) is 1.42. The zero-order chi connectivity index (χ0) is 16.4. The van der Waals surface area contributed by atoms with Crippen molar-refractivity contribution in [1.29, 1.82) is 0 Å². The molecule has 0 radical (unpaired) electrons. The van der Waals surface area contributed by atoms with E-state index >= 15 is 0 Å². The van der Waals surface area contributed by atoms with Gasteiger partial charge in [-0.25, -0.2) is 18.6 Å². The molecular formula is C16H10F2N2O3. The van der Waals surface area contributed by atoms with Crippen molar-refractivity contribution in [2.75, 3.05) is 5.32 Å². The number of carbonyl (C=O) groups is 1. The van der Waals surface area contributed by atoms with E-state index in [0.29, 0.717) is 11.3 Å². The molecule has 0 atom stereocenters. The molecule has 0 amide bonds. The molecule has 7 heteroatoms. The van der Waals surface area contributed by atoms with Crippen molar-refractivity contribution in [2.24, 2.45) is 0 Å². The van der Waals surface area contributed by atoms with Crippen LogP contribution in [0.25, 0.3) is 11.3 Å². The van der Waals surface area contributed by atoms with Gasteiger partial charge in [0.05, 0.1) is 11.8 Å². The van der Waals surface area contributed by atoms with Crippen molar-refractivity contribution < 1.29 is 23.1 Å². The minimum atomic E-state index is -1.02. The molecule has 2 N–H and O–H groups in total. The summed E-state index contributed by atoms with van der Waals surface area (Å²) in [5.41, 5.74) is 0.944. The highest BCUT2D eigenvalue weighted by Gasteiger charge is 2.09. The smallest absolute Gasteiger partial charge is 0.335 e. The minimum Gasteiger partial charge on any atom is -0.478 e. The standard InChI is InChI=1S/C16H10F2N2O3/c17-11-5-12(18)7-13(6-11)20-16-19-8-14(23-16)9-1-3-10(4-2-9)15(21)22/h1-8H,(H,19,20)(H,21,22). The molecule has 0 aliphatic heterocycles. The Morgan fingerprint density at radius 3 is 2.35 bits per heavy atom. The van der Waals surface area contributed by atoms with Gasteiger partial charge in [-0.15, -0.1) is 0 Å². The number of carboxylic acids is 1. The van der Waals surface area contributed by atoms with Crippen LogP contribution in [0.1, 0.15) is 10.4 Å². The number of carboxylic acid groups (broad SMARTS) is 1. The second-order valence-corrected chi connectivity index (χ2v) is 4.70. The van der Waals surface area contributed by atoms with Gasteiger partial charge in [-0.05, 0) is 24.3 Å². The Morgan fingerprint density at radius 1 is 1.09 bits per heavy atom. The van der Waals surface area contributed by atoms with Crippen molar-refractivity contribution in [3.8, 4) is 11.3 Å². The SMILES string of the molecule is O=C(O)c1ccc(-c2cnc(Nc3cc(F)cc(F)c3)o2)cc1. The number of nitrogens with one attached hydrogen (secondary N) is 1. The van der Waals surface area contributed by atoms with Gasteiger partial charge in [0.25, 0.3) is 6.01 Å². The predicted octanol–water partition coefficient (Wildman–Crippen LogP) is 4.06. The molecule has 1 aromatic heterocycles. The summed E-state index contributed by atoms with van der Waals surface area (Å²) in [7, 11) is 0. The molecule has 0 fully saturated rings. The van der Waals surface area contributed by atoms with Gasteiger partial charge >= 0.3 is 5.97 Å². The monoisotopic (exact) mass is 316 g/mol. The fourth-order valence-electron chi connectivity index (χ4n) is 1.99. The van der Waals surface area contributed by atoms with E-state index < -0.39 is 17.6 Å². The third-order valence-electron chi connectivity index (χ3n) is 3.04. The van der Waals surface area contributed by atoms with Crippen molar-refractivity contribution in [3.63, 3.8) is 0 Å². The van der Waals surface area contributed by atoms with E-state index in [1.807, 2.05) is 0 Å². The maximum Gasteiger partial charge on any atom is 0.335 e. The average molecular weight is 316 g/mol. The Morgan fingerprint density at radius 2 is 1.74 bits per heavy atom. The first kappa shape index (κ1) is 14.7. The van der Waals surface area contributed by atoms with Crippen LogP contribution in [0.4, 0.5) is 20.5 Å². The van der Waals surface area contributed by atoms with E-state index in [0.717, 1.165) is 18.2 Å². The Hall–Kier alpha value is -3.22. The van der Waals surface area contributed by atoms with Crippen LogP contribution in [0, 0.1) is 11.6 Å². The third kappa shape index (κ3) is 3.34. The second-order valence-electron chi connectivity index (χ2n) is 4.70. The summed E-state index contributed by atoms with van der Waals surface area (Å²) in [6.45, 7) is 0. The van der Waals surface area contributed by atoms with Gasteiger partial charge in [0.1, 0.15) is 11.6 Å². The Kier molecular flexibility index (Phi) is 3.76. The summed E-state index contributed by atoms with van der Waals surface area (Å²) >= 11 is 0. The first-order valence-electron chi connectivity index (χ1n) is 6.54. The van der Waals surface area contributed by atoms with Crippen LogP contribution in [0.3, 0.4) is 0 Å².